The maximum Gasteiger partial charge on any atom is 0.258 e. The fraction of sp³-hybridized carbons (Fsp3) is 0.174. The van der Waals surface area contributed by atoms with Crippen molar-refractivity contribution in [3.05, 3.63) is 99.8 Å². The summed E-state index contributed by atoms with van der Waals surface area (Å²) in [7, 11) is 0. The highest BCUT2D eigenvalue weighted by molar-refractivity contribution is 6.30. The van der Waals surface area contributed by atoms with Gasteiger partial charge in [0.25, 0.3) is 5.91 Å². The van der Waals surface area contributed by atoms with Gasteiger partial charge in [0.2, 0.25) is 0 Å². The fourth-order valence-corrected chi connectivity index (χ4v) is 3.26. The molecule has 0 aliphatic rings. The molecule has 1 atom stereocenters. The molecule has 0 saturated carbocycles. The Labute approximate surface area is 178 Å². The maximum absolute atomic E-state index is 13.6. The second kappa shape index (κ2) is 10.2. The van der Waals surface area contributed by atoms with Gasteiger partial charge in [0.05, 0.1) is 19.3 Å². The second-order valence-electron chi connectivity index (χ2n) is 6.62. The van der Waals surface area contributed by atoms with E-state index in [1.165, 1.54) is 0 Å². The summed E-state index contributed by atoms with van der Waals surface area (Å²) in [6.45, 7) is -1.35. The van der Waals surface area contributed by atoms with Crippen LogP contribution in [0.2, 0.25) is 5.02 Å². The minimum Gasteiger partial charge on any atom is -0.483 e. The van der Waals surface area contributed by atoms with Crippen molar-refractivity contribution in [3.63, 3.8) is 0 Å². The number of amides is 1. The predicted octanol–water partition coefficient (Wildman–Crippen LogP) is 3.75. The van der Waals surface area contributed by atoms with Crippen LogP contribution in [0, 0.1) is 5.82 Å². The Bertz CT molecular complexity index is 971. The summed E-state index contributed by atoms with van der Waals surface area (Å²) < 4.78 is 19.1. The van der Waals surface area contributed by atoms with Crippen LogP contribution in [0.3, 0.4) is 0 Å². The Balaban J connectivity index is 1.78. The number of carbonyl (C=O) groups excluding carboxylic acids is 1. The number of nitrogens with one attached hydrogen (secondary N) is 1. The van der Waals surface area contributed by atoms with Crippen molar-refractivity contribution in [2.24, 2.45) is 0 Å². The Morgan fingerprint density at radius 3 is 2.10 bits per heavy atom. The third kappa shape index (κ3) is 5.36. The van der Waals surface area contributed by atoms with E-state index in [2.05, 4.69) is 5.32 Å². The molecule has 3 rings (SSSR count). The third-order valence-corrected chi connectivity index (χ3v) is 4.79. The van der Waals surface area contributed by atoms with Crippen molar-refractivity contribution in [2.45, 2.75) is 19.3 Å². The first-order chi connectivity index (χ1) is 14.5. The van der Waals surface area contributed by atoms with E-state index in [0.29, 0.717) is 5.02 Å². The third-order valence-electron chi connectivity index (χ3n) is 4.54. The highest BCUT2D eigenvalue weighted by Gasteiger charge is 2.19. The average molecular weight is 430 g/mol. The molecule has 0 fully saturated rings. The first kappa shape index (κ1) is 21.8. The van der Waals surface area contributed by atoms with Crippen molar-refractivity contribution < 1.29 is 24.1 Å². The molecule has 0 spiro atoms. The normalized spacial score (nSPS) is 11.7. The average Bonchev–Trinajstić information content (AvgIpc) is 2.77. The van der Waals surface area contributed by atoms with E-state index >= 15 is 0 Å². The zero-order valence-corrected chi connectivity index (χ0v) is 16.8. The number of rotatable bonds is 8. The molecule has 0 radical (unpaired) electrons. The van der Waals surface area contributed by atoms with Crippen LogP contribution in [-0.4, -0.2) is 22.7 Å². The van der Waals surface area contributed by atoms with E-state index in [4.69, 9.17) is 16.3 Å². The molecule has 1 amide bonds. The Kier molecular flexibility index (Phi) is 7.41. The van der Waals surface area contributed by atoms with Gasteiger partial charge in [-0.25, -0.2) is 4.39 Å². The molecule has 0 aromatic heterocycles. The van der Waals surface area contributed by atoms with Gasteiger partial charge in [-0.05, 0) is 35.4 Å². The Morgan fingerprint density at radius 1 is 0.967 bits per heavy atom. The van der Waals surface area contributed by atoms with E-state index in [1.807, 2.05) is 42.5 Å². The van der Waals surface area contributed by atoms with Gasteiger partial charge in [0.1, 0.15) is 11.6 Å². The molecule has 3 aromatic rings. The number of hydrogen-bond donors (Lipinski definition) is 3. The molecule has 7 heteroatoms. The minimum atomic E-state index is -0.605. The summed E-state index contributed by atoms with van der Waals surface area (Å²) in [5.41, 5.74) is 2.03. The van der Waals surface area contributed by atoms with E-state index in [-0.39, 0.29) is 23.5 Å². The first-order valence-electron chi connectivity index (χ1n) is 9.27. The Morgan fingerprint density at radius 2 is 1.53 bits per heavy atom. The maximum atomic E-state index is 13.6. The molecule has 156 valence electrons. The van der Waals surface area contributed by atoms with E-state index in [0.717, 1.165) is 23.3 Å². The highest BCUT2D eigenvalue weighted by atomic mass is 35.5. The van der Waals surface area contributed by atoms with E-state index < -0.39 is 31.0 Å². The fourth-order valence-electron chi connectivity index (χ4n) is 3.13. The van der Waals surface area contributed by atoms with Crippen LogP contribution in [-0.2, 0) is 18.0 Å². The molecule has 0 unspecified atom stereocenters. The topological polar surface area (TPSA) is 78.8 Å². The summed E-state index contributed by atoms with van der Waals surface area (Å²) >= 11 is 5.98. The van der Waals surface area contributed by atoms with Crippen LogP contribution in [0.15, 0.2) is 66.7 Å². The van der Waals surface area contributed by atoms with Crippen LogP contribution in [0.25, 0.3) is 0 Å². The molecular weight excluding hydrogens is 409 g/mol. The van der Waals surface area contributed by atoms with E-state index in [1.54, 1.807) is 12.1 Å². The molecule has 30 heavy (non-hydrogen) atoms. The van der Waals surface area contributed by atoms with Gasteiger partial charge in [0.15, 0.2) is 6.61 Å². The van der Waals surface area contributed by atoms with Crippen LogP contribution < -0.4 is 10.1 Å². The highest BCUT2D eigenvalue weighted by Crippen LogP contribution is 2.27. The molecule has 0 heterocycles. The summed E-state index contributed by atoms with van der Waals surface area (Å²) in [4.78, 5) is 12.6. The molecule has 3 aromatic carbocycles. The number of aliphatic hydroxyl groups is 2. The largest absolute Gasteiger partial charge is 0.483 e. The van der Waals surface area contributed by atoms with Crippen molar-refractivity contribution in [2.75, 3.05) is 6.61 Å². The van der Waals surface area contributed by atoms with Gasteiger partial charge >= 0.3 is 0 Å². The van der Waals surface area contributed by atoms with Crippen molar-refractivity contribution >= 4 is 17.5 Å². The predicted molar refractivity (Wildman–Crippen MR) is 112 cm³/mol. The minimum absolute atomic E-state index is 0.0966. The van der Waals surface area contributed by atoms with Crippen molar-refractivity contribution in [3.8, 4) is 5.75 Å². The number of ether oxygens (including phenoxy) is 1. The lowest BCUT2D eigenvalue weighted by Gasteiger charge is -2.21. The number of benzene rings is 3. The van der Waals surface area contributed by atoms with Gasteiger partial charge < -0.3 is 20.3 Å². The molecule has 0 bridgehead atoms. The lowest BCUT2D eigenvalue weighted by atomic mass is 9.99. The SMILES string of the molecule is O=C(COc1c(CO)cc(F)cc1CO)N[C@H](c1ccccc1)c1ccc(Cl)cc1. The van der Waals surface area contributed by atoms with Crippen LogP contribution in [0.4, 0.5) is 4.39 Å². The van der Waals surface area contributed by atoms with Crippen molar-refractivity contribution in [1.29, 1.82) is 0 Å². The zero-order valence-electron chi connectivity index (χ0n) is 16.0. The standard InChI is InChI=1S/C23H21ClFNO4/c24-19-8-6-16(7-9-19)22(15-4-2-1-3-5-15)26-21(29)14-30-23-17(12-27)10-20(25)11-18(23)13-28/h1-11,22,27-28H,12-14H2,(H,26,29)/t22-/m1/s1. The summed E-state index contributed by atoms with van der Waals surface area (Å²) in [6, 6.07) is 18.4. The van der Waals surface area contributed by atoms with Gasteiger partial charge in [0, 0.05) is 16.1 Å². The lowest BCUT2D eigenvalue weighted by Crippen LogP contribution is -2.33. The Hall–Kier alpha value is -2.93. The molecule has 3 N–H and O–H groups in total. The van der Waals surface area contributed by atoms with Gasteiger partial charge in [-0.2, -0.15) is 0 Å². The number of aliphatic hydroxyl groups excluding tert-OH is 2. The van der Waals surface area contributed by atoms with E-state index in [9.17, 15) is 19.4 Å². The molecule has 0 aliphatic heterocycles. The first-order valence-corrected chi connectivity index (χ1v) is 9.65. The van der Waals surface area contributed by atoms with Crippen LogP contribution >= 0.6 is 11.6 Å². The quantitative estimate of drug-likeness (QED) is 0.509. The number of halogens is 2. The smallest absolute Gasteiger partial charge is 0.258 e. The summed E-state index contributed by atoms with van der Waals surface area (Å²) in [5.74, 6) is -0.929. The molecule has 0 saturated heterocycles. The molecule has 5 nitrogen and oxygen atoms in total. The van der Waals surface area contributed by atoms with Crippen LogP contribution in [0.5, 0.6) is 5.75 Å². The second-order valence-corrected chi connectivity index (χ2v) is 7.06. The zero-order chi connectivity index (χ0) is 21.5. The van der Waals surface area contributed by atoms with Gasteiger partial charge in [-0.3, -0.25) is 4.79 Å². The number of hydrogen-bond acceptors (Lipinski definition) is 4. The summed E-state index contributed by atoms with van der Waals surface area (Å²) in [5, 5.41) is 22.4. The molecular formula is C23H21ClFNO4. The lowest BCUT2D eigenvalue weighted by molar-refractivity contribution is -0.123. The van der Waals surface area contributed by atoms with Gasteiger partial charge in [-0.15, -0.1) is 0 Å². The van der Waals surface area contributed by atoms with Crippen molar-refractivity contribution in [1.82, 2.24) is 5.32 Å². The number of carbonyl (C=O) groups is 1. The van der Waals surface area contributed by atoms with Gasteiger partial charge in [-0.1, -0.05) is 54.1 Å². The molecule has 0 aliphatic carbocycles. The summed E-state index contributed by atoms with van der Waals surface area (Å²) in [6.07, 6.45) is 0. The monoisotopic (exact) mass is 429 g/mol. The van der Waals surface area contributed by atoms with Crippen LogP contribution in [0.1, 0.15) is 28.3 Å².